The van der Waals surface area contributed by atoms with Crippen LogP contribution in [0.25, 0.3) is 0 Å². The van der Waals surface area contributed by atoms with Crippen molar-refractivity contribution in [2.24, 2.45) is 0 Å². The maximum absolute atomic E-state index is 11.8. The van der Waals surface area contributed by atoms with Crippen molar-refractivity contribution >= 4 is 5.91 Å². The van der Waals surface area contributed by atoms with E-state index < -0.39 is 0 Å². The van der Waals surface area contributed by atoms with Gasteiger partial charge in [0.15, 0.2) is 0 Å². The van der Waals surface area contributed by atoms with Crippen molar-refractivity contribution in [1.82, 2.24) is 15.1 Å². The molecule has 1 heterocycles. The van der Waals surface area contributed by atoms with Crippen LogP contribution in [0.3, 0.4) is 0 Å². The van der Waals surface area contributed by atoms with Gasteiger partial charge in [-0.3, -0.25) is 9.48 Å². The number of rotatable bonds is 4. The van der Waals surface area contributed by atoms with Crippen LogP contribution in [0.1, 0.15) is 17.0 Å². The molecule has 0 spiro atoms. The van der Waals surface area contributed by atoms with Crippen LogP contribution < -0.4 is 5.32 Å². The number of nitrogens with one attached hydrogen (secondary N) is 1. The molecule has 2 aromatic rings. The number of nitrogens with zero attached hydrogens (tertiary/aromatic N) is 2. The summed E-state index contributed by atoms with van der Waals surface area (Å²) >= 11 is 0. The summed E-state index contributed by atoms with van der Waals surface area (Å²) in [7, 11) is 0. The fourth-order valence-corrected chi connectivity index (χ4v) is 1.84. The van der Waals surface area contributed by atoms with Crippen LogP contribution in [-0.4, -0.2) is 20.8 Å². The second-order valence-corrected chi connectivity index (χ2v) is 4.53. The molecule has 5 nitrogen and oxygen atoms in total. The summed E-state index contributed by atoms with van der Waals surface area (Å²) in [6.45, 7) is 4.49. The predicted octanol–water partition coefficient (Wildman–Crippen LogP) is 1.52. The maximum Gasteiger partial charge on any atom is 0.242 e. The first-order valence-corrected chi connectivity index (χ1v) is 6.10. The van der Waals surface area contributed by atoms with Gasteiger partial charge in [0, 0.05) is 12.2 Å². The Labute approximate surface area is 111 Å². The molecule has 0 aliphatic carbocycles. The number of hydrogen-bond acceptors (Lipinski definition) is 3. The van der Waals surface area contributed by atoms with Gasteiger partial charge in [-0.25, -0.2) is 0 Å². The van der Waals surface area contributed by atoms with E-state index in [9.17, 15) is 4.79 Å². The van der Waals surface area contributed by atoms with Crippen molar-refractivity contribution in [3.8, 4) is 5.75 Å². The Morgan fingerprint density at radius 1 is 1.32 bits per heavy atom. The van der Waals surface area contributed by atoms with Gasteiger partial charge in [0.1, 0.15) is 12.3 Å². The summed E-state index contributed by atoms with van der Waals surface area (Å²) in [6.07, 6.45) is 0. The number of phenols is 1. The van der Waals surface area contributed by atoms with Crippen LogP contribution in [-0.2, 0) is 17.9 Å². The molecule has 0 fully saturated rings. The maximum atomic E-state index is 11.8. The monoisotopic (exact) mass is 259 g/mol. The average molecular weight is 259 g/mol. The van der Waals surface area contributed by atoms with Gasteiger partial charge in [-0.2, -0.15) is 5.10 Å². The van der Waals surface area contributed by atoms with E-state index in [4.69, 9.17) is 5.11 Å². The third-order valence-corrected chi connectivity index (χ3v) is 2.82. The number of aromatic hydroxyl groups is 1. The lowest BCUT2D eigenvalue weighted by Crippen LogP contribution is -2.27. The minimum Gasteiger partial charge on any atom is -0.508 e. The Balaban J connectivity index is 1.88. The number of phenolic OH excluding ortho intramolecular Hbond substituents is 1. The standard InChI is InChI=1S/C14H17N3O2/c1-10-7-11(2)17(16-10)9-14(19)15-8-12-3-5-13(18)6-4-12/h3-7,18H,8-9H2,1-2H3,(H,15,19). The third-order valence-electron chi connectivity index (χ3n) is 2.82. The first kappa shape index (κ1) is 13.1. The Morgan fingerprint density at radius 2 is 2.00 bits per heavy atom. The smallest absolute Gasteiger partial charge is 0.242 e. The fraction of sp³-hybridized carbons (Fsp3) is 0.286. The van der Waals surface area contributed by atoms with Crippen LogP contribution >= 0.6 is 0 Å². The Bertz CT molecular complexity index is 573. The van der Waals surface area contributed by atoms with E-state index >= 15 is 0 Å². The number of aryl methyl sites for hydroxylation is 2. The molecule has 2 rings (SSSR count). The second-order valence-electron chi connectivity index (χ2n) is 4.53. The second kappa shape index (κ2) is 5.56. The van der Waals surface area contributed by atoms with E-state index in [0.29, 0.717) is 6.54 Å². The minimum absolute atomic E-state index is 0.0840. The molecule has 1 aromatic heterocycles. The van der Waals surface area contributed by atoms with Crippen LogP contribution in [0.2, 0.25) is 0 Å². The number of aromatic nitrogens is 2. The molecular weight excluding hydrogens is 242 g/mol. The molecule has 0 bridgehead atoms. The lowest BCUT2D eigenvalue weighted by molar-refractivity contribution is -0.122. The molecular formula is C14H17N3O2. The quantitative estimate of drug-likeness (QED) is 0.874. The third kappa shape index (κ3) is 3.58. The number of hydrogen-bond donors (Lipinski definition) is 2. The lowest BCUT2D eigenvalue weighted by atomic mass is 10.2. The highest BCUT2D eigenvalue weighted by Gasteiger charge is 2.06. The van der Waals surface area contributed by atoms with Crippen LogP contribution in [0.4, 0.5) is 0 Å². The molecule has 0 aliphatic rings. The normalized spacial score (nSPS) is 10.4. The molecule has 19 heavy (non-hydrogen) atoms. The zero-order valence-corrected chi connectivity index (χ0v) is 11.1. The molecule has 0 saturated heterocycles. The largest absolute Gasteiger partial charge is 0.508 e. The van der Waals surface area contributed by atoms with Crippen molar-refractivity contribution in [2.45, 2.75) is 26.9 Å². The summed E-state index contributed by atoms with van der Waals surface area (Å²) in [5.41, 5.74) is 2.82. The Hall–Kier alpha value is -2.30. The van der Waals surface area contributed by atoms with Crippen molar-refractivity contribution in [1.29, 1.82) is 0 Å². The van der Waals surface area contributed by atoms with Crippen molar-refractivity contribution in [2.75, 3.05) is 0 Å². The first-order valence-electron chi connectivity index (χ1n) is 6.10. The fourth-order valence-electron chi connectivity index (χ4n) is 1.84. The lowest BCUT2D eigenvalue weighted by Gasteiger charge is -2.07. The van der Waals surface area contributed by atoms with Crippen molar-refractivity contribution in [3.05, 3.63) is 47.3 Å². The number of benzene rings is 1. The number of carbonyl (C=O) groups excluding carboxylic acids is 1. The van der Waals surface area contributed by atoms with E-state index in [1.807, 2.05) is 19.9 Å². The number of carbonyl (C=O) groups is 1. The molecule has 0 saturated carbocycles. The average Bonchev–Trinajstić information content (AvgIpc) is 2.67. The Morgan fingerprint density at radius 3 is 2.58 bits per heavy atom. The highest BCUT2D eigenvalue weighted by Crippen LogP contribution is 2.09. The molecule has 1 aromatic carbocycles. The van der Waals surface area contributed by atoms with Gasteiger partial charge in [-0.05, 0) is 37.6 Å². The van der Waals surface area contributed by atoms with Crippen LogP contribution in [0.5, 0.6) is 5.75 Å². The van der Waals surface area contributed by atoms with Gasteiger partial charge in [0.2, 0.25) is 5.91 Å². The summed E-state index contributed by atoms with van der Waals surface area (Å²) in [5, 5.41) is 16.2. The Kier molecular flexibility index (Phi) is 3.85. The van der Waals surface area contributed by atoms with E-state index in [1.54, 1.807) is 28.9 Å². The number of amides is 1. The molecule has 1 amide bonds. The highest BCUT2D eigenvalue weighted by molar-refractivity contribution is 5.75. The minimum atomic E-state index is -0.0840. The molecule has 0 unspecified atom stereocenters. The molecule has 0 radical (unpaired) electrons. The van der Waals surface area contributed by atoms with E-state index in [0.717, 1.165) is 17.0 Å². The predicted molar refractivity (Wildman–Crippen MR) is 71.7 cm³/mol. The first-order chi connectivity index (χ1) is 9.04. The van der Waals surface area contributed by atoms with Gasteiger partial charge < -0.3 is 10.4 Å². The van der Waals surface area contributed by atoms with Crippen LogP contribution in [0.15, 0.2) is 30.3 Å². The summed E-state index contributed by atoms with van der Waals surface area (Å²) < 4.78 is 1.68. The molecule has 0 atom stereocenters. The van der Waals surface area contributed by atoms with Crippen LogP contribution in [0, 0.1) is 13.8 Å². The van der Waals surface area contributed by atoms with Gasteiger partial charge in [-0.15, -0.1) is 0 Å². The molecule has 100 valence electrons. The molecule has 5 heteroatoms. The van der Waals surface area contributed by atoms with Gasteiger partial charge in [0.05, 0.1) is 5.69 Å². The zero-order chi connectivity index (χ0) is 13.8. The summed E-state index contributed by atoms with van der Waals surface area (Å²) in [4.78, 5) is 11.8. The molecule has 2 N–H and O–H groups in total. The topological polar surface area (TPSA) is 67.2 Å². The van der Waals surface area contributed by atoms with E-state index in [2.05, 4.69) is 10.4 Å². The summed E-state index contributed by atoms with van der Waals surface area (Å²) in [5.74, 6) is 0.136. The molecule has 0 aliphatic heterocycles. The van der Waals surface area contributed by atoms with Gasteiger partial charge in [-0.1, -0.05) is 12.1 Å². The van der Waals surface area contributed by atoms with E-state index in [1.165, 1.54) is 0 Å². The van der Waals surface area contributed by atoms with Crippen molar-refractivity contribution < 1.29 is 9.90 Å². The van der Waals surface area contributed by atoms with Gasteiger partial charge in [0.25, 0.3) is 0 Å². The van der Waals surface area contributed by atoms with E-state index in [-0.39, 0.29) is 18.2 Å². The van der Waals surface area contributed by atoms with Crippen molar-refractivity contribution in [3.63, 3.8) is 0 Å². The SMILES string of the molecule is Cc1cc(C)n(CC(=O)NCc2ccc(O)cc2)n1. The highest BCUT2D eigenvalue weighted by atomic mass is 16.3. The summed E-state index contributed by atoms with van der Waals surface area (Å²) in [6, 6.07) is 8.69. The van der Waals surface area contributed by atoms with Gasteiger partial charge >= 0.3 is 0 Å². The zero-order valence-electron chi connectivity index (χ0n) is 11.1.